The molecule has 1 heterocycles. The van der Waals surface area contributed by atoms with Gasteiger partial charge in [-0.25, -0.2) is 0 Å². The molecule has 0 saturated carbocycles. The molecule has 2 rings (SSSR count). The third kappa shape index (κ3) is 3.90. The number of benzene rings is 1. The fraction of sp³-hybridized carbons (Fsp3) is 0.533. The van der Waals surface area contributed by atoms with Crippen molar-refractivity contribution in [2.24, 2.45) is 0 Å². The summed E-state index contributed by atoms with van der Waals surface area (Å²) in [5.41, 5.74) is 0. The number of carbonyl (C=O) groups excluding carboxylic acids is 1. The largest absolute Gasteiger partial charge is 0.497 e. The third-order valence-electron chi connectivity index (χ3n) is 3.54. The van der Waals surface area contributed by atoms with Gasteiger partial charge in [-0.05, 0) is 38.2 Å². The van der Waals surface area contributed by atoms with E-state index in [0.717, 1.165) is 36.8 Å². The number of methoxy groups -OCH3 is 1. The molecule has 110 valence electrons. The quantitative estimate of drug-likeness (QED) is 0.795. The average Bonchev–Trinajstić information content (AvgIpc) is 2.48. The van der Waals surface area contributed by atoms with Crippen LogP contribution in [0, 0.1) is 0 Å². The summed E-state index contributed by atoms with van der Waals surface area (Å²) in [6.45, 7) is 5.58. The number of ether oxygens (including phenoxy) is 1. The van der Waals surface area contributed by atoms with Crippen molar-refractivity contribution in [2.45, 2.75) is 17.1 Å². The van der Waals surface area contributed by atoms with E-state index < -0.39 is 0 Å². The lowest BCUT2D eigenvalue weighted by Crippen LogP contribution is -2.49. The van der Waals surface area contributed by atoms with E-state index in [1.54, 1.807) is 18.9 Å². The molecule has 1 amide bonds. The molecule has 1 aromatic carbocycles. The first kappa shape index (κ1) is 15.2. The third-order valence-corrected chi connectivity index (χ3v) is 4.63. The molecule has 0 spiro atoms. The lowest BCUT2D eigenvalue weighted by atomic mass is 10.3. The van der Waals surface area contributed by atoms with E-state index in [1.807, 2.05) is 36.1 Å². The first-order valence-corrected chi connectivity index (χ1v) is 7.76. The summed E-state index contributed by atoms with van der Waals surface area (Å²) in [4.78, 5) is 17.7. The van der Waals surface area contributed by atoms with Crippen LogP contribution < -0.4 is 4.74 Å². The fourth-order valence-corrected chi connectivity index (χ4v) is 3.14. The van der Waals surface area contributed by atoms with Crippen LogP contribution in [0.5, 0.6) is 5.75 Å². The highest BCUT2D eigenvalue weighted by molar-refractivity contribution is 8.00. The Bertz CT molecular complexity index is 442. The Morgan fingerprint density at radius 1 is 1.20 bits per heavy atom. The molecule has 0 radical (unpaired) electrons. The lowest BCUT2D eigenvalue weighted by Gasteiger charge is -2.33. The minimum Gasteiger partial charge on any atom is -0.497 e. The number of rotatable bonds is 4. The first-order chi connectivity index (χ1) is 9.60. The van der Waals surface area contributed by atoms with E-state index >= 15 is 0 Å². The zero-order valence-electron chi connectivity index (χ0n) is 12.3. The average molecular weight is 294 g/mol. The Morgan fingerprint density at radius 3 is 2.35 bits per heavy atom. The molecule has 1 saturated heterocycles. The summed E-state index contributed by atoms with van der Waals surface area (Å²) in [6.07, 6.45) is 0. The maximum atomic E-state index is 12.4. The van der Waals surface area contributed by atoms with E-state index in [9.17, 15) is 4.79 Å². The topological polar surface area (TPSA) is 32.8 Å². The highest BCUT2D eigenvalue weighted by atomic mass is 32.2. The van der Waals surface area contributed by atoms with Crippen molar-refractivity contribution in [2.75, 3.05) is 40.3 Å². The van der Waals surface area contributed by atoms with Gasteiger partial charge in [0.2, 0.25) is 5.91 Å². The van der Waals surface area contributed by atoms with Crippen LogP contribution in [0.1, 0.15) is 6.92 Å². The van der Waals surface area contributed by atoms with Crippen molar-refractivity contribution in [1.29, 1.82) is 0 Å². The molecule has 4 nitrogen and oxygen atoms in total. The minimum absolute atomic E-state index is 0.0493. The minimum atomic E-state index is -0.0493. The van der Waals surface area contributed by atoms with Crippen molar-refractivity contribution >= 4 is 17.7 Å². The Balaban J connectivity index is 1.89. The molecule has 1 atom stereocenters. The second kappa shape index (κ2) is 6.99. The number of likely N-dealkylation sites (N-methyl/N-ethyl adjacent to an activating group) is 1. The van der Waals surface area contributed by atoms with Gasteiger partial charge < -0.3 is 14.5 Å². The zero-order chi connectivity index (χ0) is 14.5. The molecule has 1 aliphatic rings. The second-order valence-electron chi connectivity index (χ2n) is 5.06. The van der Waals surface area contributed by atoms with Gasteiger partial charge in [-0.15, -0.1) is 11.8 Å². The predicted octanol–water partition coefficient (Wildman–Crippen LogP) is 1.95. The van der Waals surface area contributed by atoms with Crippen LogP contribution in [0.2, 0.25) is 0 Å². The maximum Gasteiger partial charge on any atom is 0.235 e. The summed E-state index contributed by atoms with van der Waals surface area (Å²) < 4.78 is 5.14. The van der Waals surface area contributed by atoms with Gasteiger partial charge in [0.1, 0.15) is 5.75 Å². The van der Waals surface area contributed by atoms with E-state index in [4.69, 9.17) is 4.74 Å². The number of piperazine rings is 1. The van der Waals surface area contributed by atoms with Gasteiger partial charge in [-0.3, -0.25) is 4.79 Å². The number of thioether (sulfide) groups is 1. The second-order valence-corrected chi connectivity index (χ2v) is 6.48. The van der Waals surface area contributed by atoms with Crippen molar-refractivity contribution in [1.82, 2.24) is 9.80 Å². The normalized spacial score (nSPS) is 17.9. The van der Waals surface area contributed by atoms with Gasteiger partial charge in [0.25, 0.3) is 0 Å². The number of amides is 1. The molecule has 0 bridgehead atoms. The Kier molecular flexibility index (Phi) is 5.31. The van der Waals surface area contributed by atoms with Crippen molar-refractivity contribution in [3.8, 4) is 5.75 Å². The standard InChI is InChI=1S/C15H22N2O2S/c1-12(15(18)17-10-8-16(2)9-11-17)20-14-6-4-13(19-3)5-7-14/h4-7,12H,8-11H2,1-3H3/t12-/m0/s1. The van der Waals surface area contributed by atoms with Crippen molar-refractivity contribution in [3.63, 3.8) is 0 Å². The van der Waals surface area contributed by atoms with Gasteiger partial charge in [0, 0.05) is 31.1 Å². The molecule has 1 aliphatic heterocycles. The smallest absolute Gasteiger partial charge is 0.235 e. The molecule has 0 aliphatic carbocycles. The highest BCUT2D eigenvalue weighted by Gasteiger charge is 2.24. The van der Waals surface area contributed by atoms with Crippen LogP contribution in [-0.4, -0.2) is 61.3 Å². The fourth-order valence-electron chi connectivity index (χ4n) is 2.19. The van der Waals surface area contributed by atoms with Crippen molar-refractivity contribution < 1.29 is 9.53 Å². The molecule has 1 fully saturated rings. The van der Waals surface area contributed by atoms with E-state index in [2.05, 4.69) is 11.9 Å². The highest BCUT2D eigenvalue weighted by Crippen LogP contribution is 2.26. The van der Waals surface area contributed by atoms with Crippen LogP contribution >= 0.6 is 11.8 Å². The summed E-state index contributed by atoms with van der Waals surface area (Å²) in [5.74, 6) is 1.08. The lowest BCUT2D eigenvalue weighted by molar-refractivity contribution is -0.131. The summed E-state index contributed by atoms with van der Waals surface area (Å²) in [6, 6.07) is 7.85. The number of hydrogen-bond donors (Lipinski definition) is 0. The summed E-state index contributed by atoms with van der Waals surface area (Å²) >= 11 is 1.60. The van der Waals surface area contributed by atoms with Crippen molar-refractivity contribution in [3.05, 3.63) is 24.3 Å². The van der Waals surface area contributed by atoms with Crippen LogP contribution in [0.4, 0.5) is 0 Å². The molecule has 0 unspecified atom stereocenters. The van der Waals surface area contributed by atoms with E-state index in [0.29, 0.717) is 0 Å². The molecule has 1 aromatic rings. The Hall–Kier alpha value is -1.20. The molecular weight excluding hydrogens is 272 g/mol. The Morgan fingerprint density at radius 2 is 1.80 bits per heavy atom. The summed E-state index contributed by atoms with van der Waals surface area (Å²) in [5, 5.41) is -0.0493. The van der Waals surface area contributed by atoms with Gasteiger partial charge in [0.05, 0.1) is 12.4 Å². The van der Waals surface area contributed by atoms with Gasteiger partial charge in [-0.2, -0.15) is 0 Å². The van der Waals surface area contributed by atoms with E-state index in [-0.39, 0.29) is 11.2 Å². The Labute approximate surface area is 125 Å². The SMILES string of the molecule is COc1ccc(S[C@@H](C)C(=O)N2CCN(C)CC2)cc1. The van der Waals surface area contributed by atoms with Crippen LogP contribution in [0.25, 0.3) is 0 Å². The van der Waals surface area contributed by atoms with Gasteiger partial charge in [-0.1, -0.05) is 0 Å². The maximum absolute atomic E-state index is 12.4. The number of carbonyl (C=O) groups is 1. The molecule has 20 heavy (non-hydrogen) atoms. The number of hydrogen-bond acceptors (Lipinski definition) is 4. The molecule has 0 aromatic heterocycles. The number of nitrogens with zero attached hydrogens (tertiary/aromatic N) is 2. The molecule has 5 heteroatoms. The van der Waals surface area contributed by atoms with Gasteiger partial charge >= 0.3 is 0 Å². The van der Waals surface area contributed by atoms with Gasteiger partial charge in [0.15, 0.2) is 0 Å². The predicted molar refractivity (Wildman–Crippen MR) is 82.4 cm³/mol. The first-order valence-electron chi connectivity index (χ1n) is 6.88. The molecular formula is C15H22N2O2S. The molecule has 0 N–H and O–H groups in total. The zero-order valence-corrected chi connectivity index (χ0v) is 13.2. The summed E-state index contributed by atoms with van der Waals surface area (Å²) in [7, 11) is 3.75. The van der Waals surface area contributed by atoms with Crippen LogP contribution in [0.3, 0.4) is 0 Å². The monoisotopic (exact) mass is 294 g/mol. The van der Waals surface area contributed by atoms with Crippen LogP contribution in [0.15, 0.2) is 29.2 Å². The van der Waals surface area contributed by atoms with Crippen LogP contribution in [-0.2, 0) is 4.79 Å². The van der Waals surface area contributed by atoms with E-state index in [1.165, 1.54) is 0 Å².